The Labute approximate surface area is 139 Å². The first-order chi connectivity index (χ1) is 11.2. The Morgan fingerprint density at radius 2 is 2.00 bits per heavy atom. The second-order valence-corrected chi connectivity index (χ2v) is 6.44. The number of nitrogens with zero attached hydrogens (tertiary/aromatic N) is 2. The summed E-state index contributed by atoms with van der Waals surface area (Å²) >= 11 is 6.08. The quantitative estimate of drug-likeness (QED) is 0.837. The maximum Gasteiger partial charge on any atom is 0.224 e. The molecule has 0 amide bonds. The van der Waals surface area contributed by atoms with Crippen molar-refractivity contribution in [2.75, 3.05) is 11.9 Å². The monoisotopic (exact) mass is 333 g/mol. The molecule has 1 aliphatic carbocycles. The zero-order valence-corrected chi connectivity index (χ0v) is 13.3. The summed E-state index contributed by atoms with van der Waals surface area (Å²) in [6, 6.07) is 6.28. The van der Waals surface area contributed by atoms with E-state index in [0.717, 1.165) is 41.5 Å². The van der Waals surface area contributed by atoms with E-state index in [1.807, 2.05) is 0 Å². The maximum atomic E-state index is 13.1. The van der Waals surface area contributed by atoms with E-state index in [2.05, 4.69) is 15.3 Å². The first-order valence-corrected chi connectivity index (χ1v) is 8.26. The van der Waals surface area contributed by atoms with Gasteiger partial charge in [0.2, 0.25) is 5.28 Å². The molecule has 1 aromatic carbocycles. The van der Waals surface area contributed by atoms with Crippen molar-refractivity contribution in [3.8, 4) is 0 Å². The lowest BCUT2D eigenvalue weighted by Crippen LogP contribution is -2.09. The van der Waals surface area contributed by atoms with Gasteiger partial charge in [0, 0.05) is 12.1 Å². The van der Waals surface area contributed by atoms with Crippen molar-refractivity contribution in [2.45, 2.75) is 32.0 Å². The highest BCUT2D eigenvalue weighted by molar-refractivity contribution is 6.28. The minimum atomic E-state index is -0.324. The number of nitrogens with one attached hydrogen (secondary N) is 1. The van der Waals surface area contributed by atoms with E-state index in [4.69, 9.17) is 16.3 Å². The molecule has 2 aromatic rings. The van der Waals surface area contributed by atoms with Gasteiger partial charge in [-0.05, 0) is 41.6 Å². The van der Waals surface area contributed by atoms with Crippen molar-refractivity contribution >= 4 is 17.4 Å². The Balaban J connectivity index is 1.59. The summed E-state index contributed by atoms with van der Waals surface area (Å²) in [4.78, 5) is 8.65. The van der Waals surface area contributed by atoms with Crippen LogP contribution in [0.15, 0.2) is 24.3 Å². The number of hydrogen-bond acceptors (Lipinski definition) is 4. The fourth-order valence-electron chi connectivity index (χ4n) is 2.92. The fourth-order valence-corrected chi connectivity index (χ4v) is 3.09. The second kappa shape index (κ2) is 6.06. The third-order valence-corrected chi connectivity index (χ3v) is 4.54. The van der Waals surface area contributed by atoms with Crippen LogP contribution < -0.4 is 5.32 Å². The van der Waals surface area contributed by atoms with Crippen molar-refractivity contribution in [3.05, 3.63) is 52.2 Å². The number of ether oxygens (including phenoxy) is 1. The van der Waals surface area contributed by atoms with Crippen LogP contribution in [-0.4, -0.2) is 16.5 Å². The van der Waals surface area contributed by atoms with E-state index in [-0.39, 0.29) is 17.2 Å². The van der Waals surface area contributed by atoms with E-state index in [1.165, 1.54) is 25.0 Å². The summed E-state index contributed by atoms with van der Waals surface area (Å²) in [6.45, 7) is 1.31. The van der Waals surface area contributed by atoms with Crippen LogP contribution in [0, 0.1) is 11.7 Å². The number of fused-ring (bicyclic) bond motifs is 1. The number of halogens is 2. The molecule has 1 fully saturated rings. The molecule has 1 aliphatic heterocycles. The lowest BCUT2D eigenvalue weighted by atomic mass is 10.0. The minimum Gasteiger partial charge on any atom is -0.370 e. The standard InChI is InChI=1S/C17H17ClFN3O/c18-17-21-14-13(16(22-17)20-8-7-10-1-2-10)9-23-15(14)11-3-5-12(19)6-4-11/h3-6,10,15H,1-2,7-9H2,(H,20,21,22). The van der Waals surface area contributed by atoms with Crippen LogP contribution in [-0.2, 0) is 11.3 Å². The molecule has 0 saturated heterocycles. The highest BCUT2D eigenvalue weighted by Crippen LogP contribution is 2.38. The largest absolute Gasteiger partial charge is 0.370 e. The summed E-state index contributed by atoms with van der Waals surface area (Å²) in [5, 5.41) is 3.57. The van der Waals surface area contributed by atoms with Crippen molar-refractivity contribution in [1.82, 2.24) is 9.97 Å². The average molecular weight is 334 g/mol. The van der Waals surface area contributed by atoms with Gasteiger partial charge >= 0.3 is 0 Å². The van der Waals surface area contributed by atoms with Crippen molar-refractivity contribution < 1.29 is 9.13 Å². The van der Waals surface area contributed by atoms with Crippen LogP contribution in [0.3, 0.4) is 0 Å². The van der Waals surface area contributed by atoms with E-state index < -0.39 is 0 Å². The van der Waals surface area contributed by atoms with Crippen LogP contribution in [0.5, 0.6) is 0 Å². The van der Waals surface area contributed by atoms with Gasteiger partial charge in [0.15, 0.2) is 0 Å². The third-order valence-electron chi connectivity index (χ3n) is 4.37. The Hall–Kier alpha value is -1.72. The number of rotatable bonds is 5. The molecular formula is C17H17ClFN3O. The first-order valence-electron chi connectivity index (χ1n) is 7.88. The second-order valence-electron chi connectivity index (χ2n) is 6.11. The molecule has 6 heteroatoms. The van der Waals surface area contributed by atoms with E-state index in [0.29, 0.717) is 6.61 Å². The zero-order valence-electron chi connectivity index (χ0n) is 12.6. The van der Waals surface area contributed by atoms with Gasteiger partial charge in [-0.25, -0.2) is 14.4 Å². The van der Waals surface area contributed by atoms with Crippen molar-refractivity contribution in [3.63, 3.8) is 0 Å². The van der Waals surface area contributed by atoms with Crippen LogP contribution in [0.25, 0.3) is 0 Å². The molecule has 1 N–H and O–H groups in total. The van der Waals surface area contributed by atoms with Crippen molar-refractivity contribution in [1.29, 1.82) is 0 Å². The Morgan fingerprint density at radius 3 is 2.74 bits per heavy atom. The molecule has 4 nitrogen and oxygen atoms in total. The van der Waals surface area contributed by atoms with Gasteiger partial charge in [0.1, 0.15) is 17.7 Å². The summed E-state index contributed by atoms with van der Waals surface area (Å²) < 4.78 is 19.0. The Bertz CT molecular complexity index is 719. The van der Waals surface area contributed by atoms with Gasteiger partial charge in [-0.15, -0.1) is 0 Å². The van der Waals surface area contributed by atoms with Crippen molar-refractivity contribution in [2.24, 2.45) is 5.92 Å². The summed E-state index contributed by atoms with van der Waals surface area (Å²) in [7, 11) is 0. The van der Waals surface area contributed by atoms with E-state index in [9.17, 15) is 4.39 Å². The van der Waals surface area contributed by atoms with Crippen LogP contribution >= 0.6 is 11.6 Å². The highest BCUT2D eigenvalue weighted by Gasteiger charge is 2.30. The van der Waals surface area contributed by atoms with E-state index >= 15 is 0 Å². The molecule has 23 heavy (non-hydrogen) atoms. The van der Waals surface area contributed by atoms with E-state index in [1.54, 1.807) is 12.1 Å². The fraction of sp³-hybridized carbons (Fsp3) is 0.412. The number of anilines is 1. The van der Waals surface area contributed by atoms with Gasteiger partial charge in [-0.3, -0.25) is 0 Å². The smallest absolute Gasteiger partial charge is 0.224 e. The van der Waals surface area contributed by atoms with Crippen LogP contribution in [0.1, 0.15) is 42.2 Å². The third kappa shape index (κ3) is 3.16. The predicted octanol–water partition coefficient (Wildman–Crippen LogP) is 4.10. The maximum absolute atomic E-state index is 13.1. The van der Waals surface area contributed by atoms with Crippen LogP contribution in [0.2, 0.25) is 5.28 Å². The molecule has 120 valence electrons. The normalized spacial score (nSPS) is 19.7. The van der Waals surface area contributed by atoms with Crippen LogP contribution in [0.4, 0.5) is 10.2 Å². The number of benzene rings is 1. The molecule has 0 radical (unpaired) electrons. The minimum absolute atomic E-state index is 0.204. The lowest BCUT2D eigenvalue weighted by Gasteiger charge is -2.12. The SMILES string of the molecule is Fc1ccc(C2OCc3c(NCCC4CC4)nc(Cl)nc32)cc1. The molecule has 0 bridgehead atoms. The molecular weight excluding hydrogens is 317 g/mol. The first kappa shape index (κ1) is 14.8. The average Bonchev–Trinajstić information content (AvgIpc) is 3.26. The summed E-state index contributed by atoms with van der Waals surface area (Å²) in [5.41, 5.74) is 2.58. The van der Waals surface area contributed by atoms with Gasteiger partial charge < -0.3 is 10.1 Å². The molecule has 2 heterocycles. The molecule has 1 aromatic heterocycles. The zero-order chi connectivity index (χ0) is 15.8. The van der Waals surface area contributed by atoms with Gasteiger partial charge in [-0.1, -0.05) is 25.0 Å². The Kier molecular flexibility index (Phi) is 3.91. The predicted molar refractivity (Wildman–Crippen MR) is 85.9 cm³/mol. The summed E-state index contributed by atoms with van der Waals surface area (Å²) in [6.07, 6.45) is 3.49. The van der Waals surface area contributed by atoms with Gasteiger partial charge in [0.25, 0.3) is 0 Å². The van der Waals surface area contributed by atoms with Gasteiger partial charge in [-0.2, -0.15) is 0 Å². The number of aromatic nitrogens is 2. The number of hydrogen-bond donors (Lipinski definition) is 1. The molecule has 1 atom stereocenters. The van der Waals surface area contributed by atoms with Gasteiger partial charge in [0.05, 0.1) is 12.3 Å². The molecule has 0 spiro atoms. The molecule has 2 aliphatic rings. The summed E-state index contributed by atoms with van der Waals surface area (Å²) in [5.74, 6) is 1.34. The Morgan fingerprint density at radius 1 is 1.22 bits per heavy atom. The molecule has 1 saturated carbocycles. The molecule has 1 unspecified atom stereocenters. The lowest BCUT2D eigenvalue weighted by molar-refractivity contribution is 0.0924. The topological polar surface area (TPSA) is 47.0 Å². The molecule has 4 rings (SSSR count). The highest BCUT2D eigenvalue weighted by atomic mass is 35.5.